The van der Waals surface area contributed by atoms with Gasteiger partial charge in [-0.2, -0.15) is 0 Å². The van der Waals surface area contributed by atoms with Gasteiger partial charge in [-0.3, -0.25) is 9.98 Å². The maximum Gasteiger partial charge on any atom is 0.0709 e. The van der Waals surface area contributed by atoms with Crippen LogP contribution in [0, 0.1) is 6.92 Å². The highest BCUT2D eigenvalue weighted by molar-refractivity contribution is 5.85. The molecule has 0 heterocycles. The standard InChI is InChI=1S/C13H16N2/c1-4-15-10-9-13(14-3)12-7-5-11(2)6-8-12/h5-10H,3-4H2,1-2H3/b13-9-,15-10?. The largest absolute Gasteiger partial charge is 0.293 e. The van der Waals surface area contributed by atoms with Crippen molar-refractivity contribution in [1.29, 1.82) is 0 Å². The van der Waals surface area contributed by atoms with E-state index < -0.39 is 0 Å². The van der Waals surface area contributed by atoms with E-state index >= 15 is 0 Å². The van der Waals surface area contributed by atoms with Gasteiger partial charge in [0.1, 0.15) is 0 Å². The van der Waals surface area contributed by atoms with E-state index in [9.17, 15) is 0 Å². The zero-order valence-electron chi connectivity index (χ0n) is 9.27. The number of aliphatic imine (C=N–C) groups is 2. The predicted octanol–water partition coefficient (Wildman–Crippen LogP) is 3.13. The monoisotopic (exact) mass is 200 g/mol. The molecule has 0 radical (unpaired) electrons. The molecule has 1 rings (SSSR count). The fraction of sp³-hybridized carbons (Fsp3) is 0.231. The van der Waals surface area contributed by atoms with Crippen molar-refractivity contribution in [2.45, 2.75) is 13.8 Å². The van der Waals surface area contributed by atoms with E-state index in [2.05, 4.69) is 35.8 Å². The van der Waals surface area contributed by atoms with Crippen LogP contribution in [0.3, 0.4) is 0 Å². The van der Waals surface area contributed by atoms with E-state index in [1.807, 2.05) is 25.1 Å². The van der Waals surface area contributed by atoms with Gasteiger partial charge >= 0.3 is 0 Å². The molecular formula is C13H16N2. The lowest BCUT2D eigenvalue weighted by atomic mass is 10.1. The van der Waals surface area contributed by atoms with Crippen LogP contribution in [0.1, 0.15) is 18.1 Å². The molecule has 1 aromatic carbocycles. The third kappa shape index (κ3) is 3.50. The van der Waals surface area contributed by atoms with Crippen molar-refractivity contribution in [1.82, 2.24) is 0 Å². The van der Waals surface area contributed by atoms with E-state index in [-0.39, 0.29) is 0 Å². The zero-order valence-corrected chi connectivity index (χ0v) is 9.27. The van der Waals surface area contributed by atoms with Crippen molar-refractivity contribution in [3.05, 3.63) is 41.5 Å². The summed E-state index contributed by atoms with van der Waals surface area (Å²) in [7, 11) is 0. The normalized spacial score (nSPS) is 12.0. The molecule has 2 nitrogen and oxygen atoms in total. The van der Waals surface area contributed by atoms with Crippen molar-refractivity contribution >= 4 is 18.6 Å². The van der Waals surface area contributed by atoms with Crippen LogP contribution in [0.15, 0.2) is 40.3 Å². The van der Waals surface area contributed by atoms with Crippen LogP contribution in [-0.2, 0) is 0 Å². The number of aryl methyl sites for hydroxylation is 1. The molecule has 0 unspecified atom stereocenters. The summed E-state index contributed by atoms with van der Waals surface area (Å²) in [5, 5.41) is 0. The Morgan fingerprint density at radius 2 is 2.00 bits per heavy atom. The summed E-state index contributed by atoms with van der Waals surface area (Å²) in [6, 6.07) is 8.20. The molecule has 0 aliphatic rings. The van der Waals surface area contributed by atoms with Gasteiger partial charge in [0.2, 0.25) is 0 Å². The first kappa shape index (κ1) is 11.4. The molecular weight excluding hydrogens is 184 g/mol. The van der Waals surface area contributed by atoms with Crippen LogP contribution in [0.2, 0.25) is 0 Å². The minimum absolute atomic E-state index is 0.787. The Morgan fingerprint density at radius 1 is 1.33 bits per heavy atom. The van der Waals surface area contributed by atoms with Gasteiger partial charge in [-0.05, 0) is 26.6 Å². The van der Waals surface area contributed by atoms with Crippen LogP contribution >= 0.6 is 0 Å². The molecule has 1 aromatic rings. The van der Waals surface area contributed by atoms with Crippen molar-refractivity contribution in [3.8, 4) is 0 Å². The summed E-state index contributed by atoms with van der Waals surface area (Å²) in [4.78, 5) is 8.09. The molecule has 78 valence electrons. The Bertz CT molecular complexity index is 372. The average Bonchev–Trinajstić information content (AvgIpc) is 2.26. The molecule has 0 saturated carbocycles. The maximum atomic E-state index is 4.11. The second-order valence-corrected chi connectivity index (χ2v) is 3.22. The van der Waals surface area contributed by atoms with Gasteiger partial charge in [0.05, 0.1) is 5.70 Å². The summed E-state index contributed by atoms with van der Waals surface area (Å²) in [5.74, 6) is 0. The lowest BCUT2D eigenvalue weighted by molar-refractivity contribution is 1.14. The predicted molar refractivity (Wildman–Crippen MR) is 67.7 cm³/mol. The number of benzene rings is 1. The number of hydrogen-bond acceptors (Lipinski definition) is 2. The Labute approximate surface area is 91.1 Å². The summed E-state index contributed by atoms with van der Waals surface area (Å²) < 4.78 is 0. The van der Waals surface area contributed by atoms with E-state index in [0.717, 1.165) is 17.8 Å². The number of hydrogen-bond donors (Lipinski definition) is 0. The molecule has 0 aliphatic carbocycles. The van der Waals surface area contributed by atoms with Crippen LogP contribution in [0.5, 0.6) is 0 Å². The lowest BCUT2D eigenvalue weighted by Gasteiger charge is -2.00. The fourth-order valence-electron chi connectivity index (χ4n) is 1.19. The summed E-state index contributed by atoms with van der Waals surface area (Å²) in [5.41, 5.74) is 3.16. The third-order valence-corrected chi connectivity index (χ3v) is 2.04. The van der Waals surface area contributed by atoms with E-state index in [1.54, 1.807) is 6.21 Å². The highest BCUT2D eigenvalue weighted by atomic mass is 14.7. The van der Waals surface area contributed by atoms with Crippen LogP contribution in [0.4, 0.5) is 0 Å². The number of rotatable bonds is 4. The van der Waals surface area contributed by atoms with Crippen molar-refractivity contribution < 1.29 is 0 Å². The van der Waals surface area contributed by atoms with Crippen LogP contribution < -0.4 is 0 Å². The van der Waals surface area contributed by atoms with Gasteiger partial charge in [-0.1, -0.05) is 29.8 Å². The lowest BCUT2D eigenvalue weighted by Crippen LogP contribution is -1.82. The molecule has 0 fully saturated rings. The quantitative estimate of drug-likeness (QED) is 0.667. The summed E-state index contributed by atoms with van der Waals surface area (Å²) >= 11 is 0. The first-order valence-electron chi connectivity index (χ1n) is 5.01. The number of allylic oxidation sites excluding steroid dienone is 1. The van der Waals surface area contributed by atoms with Crippen molar-refractivity contribution in [2.75, 3.05) is 6.54 Å². The fourth-order valence-corrected chi connectivity index (χ4v) is 1.19. The van der Waals surface area contributed by atoms with E-state index in [4.69, 9.17) is 0 Å². The Balaban J connectivity index is 2.92. The summed E-state index contributed by atoms with van der Waals surface area (Å²) in [6.45, 7) is 8.40. The average molecular weight is 200 g/mol. The molecule has 0 aliphatic heterocycles. The van der Waals surface area contributed by atoms with Gasteiger partial charge < -0.3 is 0 Å². The molecule has 0 N–H and O–H groups in total. The minimum Gasteiger partial charge on any atom is -0.293 e. The van der Waals surface area contributed by atoms with Gasteiger partial charge in [0, 0.05) is 18.3 Å². The smallest absolute Gasteiger partial charge is 0.0709 e. The van der Waals surface area contributed by atoms with Crippen LogP contribution in [0.25, 0.3) is 5.70 Å². The second-order valence-electron chi connectivity index (χ2n) is 3.22. The van der Waals surface area contributed by atoms with Crippen molar-refractivity contribution in [2.24, 2.45) is 9.98 Å². The molecule has 0 spiro atoms. The van der Waals surface area contributed by atoms with Gasteiger partial charge in [0.15, 0.2) is 0 Å². The minimum atomic E-state index is 0.787. The van der Waals surface area contributed by atoms with Gasteiger partial charge in [0.25, 0.3) is 0 Å². The van der Waals surface area contributed by atoms with Gasteiger partial charge in [-0.15, -0.1) is 0 Å². The summed E-state index contributed by atoms with van der Waals surface area (Å²) in [6.07, 6.45) is 3.64. The molecule has 0 atom stereocenters. The third-order valence-electron chi connectivity index (χ3n) is 2.04. The molecule has 0 bridgehead atoms. The molecule has 0 saturated heterocycles. The second kappa shape index (κ2) is 5.91. The molecule has 0 aromatic heterocycles. The Kier molecular flexibility index (Phi) is 4.48. The van der Waals surface area contributed by atoms with Gasteiger partial charge in [-0.25, -0.2) is 0 Å². The van der Waals surface area contributed by atoms with Crippen molar-refractivity contribution in [3.63, 3.8) is 0 Å². The number of nitrogens with zero attached hydrogens (tertiary/aromatic N) is 2. The van der Waals surface area contributed by atoms with E-state index in [1.165, 1.54) is 5.56 Å². The van der Waals surface area contributed by atoms with E-state index in [0.29, 0.717) is 0 Å². The zero-order chi connectivity index (χ0) is 11.1. The SMILES string of the molecule is C=N/C(=C\C=NCC)c1ccc(C)cc1. The first-order chi connectivity index (χ1) is 7.27. The maximum absolute atomic E-state index is 4.11. The van der Waals surface area contributed by atoms with Crippen LogP contribution in [-0.4, -0.2) is 19.5 Å². The highest BCUT2D eigenvalue weighted by Crippen LogP contribution is 2.15. The molecule has 2 heteroatoms. The first-order valence-corrected chi connectivity index (χ1v) is 5.01. The molecule has 0 amide bonds. The highest BCUT2D eigenvalue weighted by Gasteiger charge is 1.96. The molecule has 15 heavy (non-hydrogen) atoms. The topological polar surface area (TPSA) is 24.7 Å². The Morgan fingerprint density at radius 3 is 2.53 bits per heavy atom. The Hall–Kier alpha value is -1.70.